The van der Waals surface area contributed by atoms with Gasteiger partial charge in [0.2, 0.25) is 5.91 Å². The van der Waals surface area contributed by atoms with E-state index in [1.165, 1.54) is 12.3 Å². The molecule has 0 bridgehead atoms. The molecule has 1 atom stereocenters. The van der Waals surface area contributed by atoms with Crippen LogP contribution in [0.1, 0.15) is 26.2 Å². The van der Waals surface area contributed by atoms with Gasteiger partial charge in [-0.05, 0) is 38.3 Å². The van der Waals surface area contributed by atoms with E-state index in [4.69, 9.17) is 0 Å². The van der Waals surface area contributed by atoms with Crippen LogP contribution in [0.4, 0.5) is 5.82 Å². The summed E-state index contributed by atoms with van der Waals surface area (Å²) in [4.78, 5) is 18.3. The van der Waals surface area contributed by atoms with Gasteiger partial charge in [0.1, 0.15) is 16.8 Å². The molecule has 1 aliphatic heterocycles. The summed E-state index contributed by atoms with van der Waals surface area (Å²) in [5, 5.41) is 2.93. The summed E-state index contributed by atoms with van der Waals surface area (Å²) in [7, 11) is -3.38. The van der Waals surface area contributed by atoms with Crippen molar-refractivity contribution in [2.45, 2.75) is 37.1 Å². The lowest BCUT2D eigenvalue weighted by Crippen LogP contribution is -2.44. The molecule has 0 saturated carbocycles. The van der Waals surface area contributed by atoms with Gasteiger partial charge >= 0.3 is 0 Å². The van der Waals surface area contributed by atoms with Crippen molar-refractivity contribution >= 4 is 21.6 Å². The van der Waals surface area contributed by atoms with Crippen LogP contribution in [0.25, 0.3) is 0 Å². The van der Waals surface area contributed by atoms with Crippen LogP contribution in [0.2, 0.25) is 0 Å². The number of aromatic nitrogens is 1. The molecule has 1 aromatic heterocycles. The molecule has 1 aliphatic rings. The van der Waals surface area contributed by atoms with Crippen molar-refractivity contribution < 1.29 is 13.2 Å². The Morgan fingerprint density at radius 1 is 1.33 bits per heavy atom. The van der Waals surface area contributed by atoms with Crippen LogP contribution in [0.15, 0.2) is 23.2 Å². The zero-order chi connectivity index (χ0) is 15.5. The second kappa shape index (κ2) is 6.43. The molecule has 1 N–H and O–H groups in total. The van der Waals surface area contributed by atoms with Gasteiger partial charge in [0.05, 0.1) is 0 Å². The Kier molecular flexibility index (Phi) is 4.82. The lowest BCUT2D eigenvalue weighted by Gasteiger charge is -2.29. The van der Waals surface area contributed by atoms with E-state index < -0.39 is 15.9 Å². The van der Waals surface area contributed by atoms with Gasteiger partial charge in [0, 0.05) is 25.5 Å². The molecule has 1 saturated heterocycles. The van der Waals surface area contributed by atoms with Crippen LogP contribution in [-0.4, -0.2) is 49.6 Å². The second-order valence-electron chi connectivity index (χ2n) is 5.37. The first-order valence-corrected chi connectivity index (χ1v) is 8.99. The summed E-state index contributed by atoms with van der Waals surface area (Å²) >= 11 is 0. The number of sulfone groups is 1. The number of nitrogens with one attached hydrogen (secondary N) is 1. The fraction of sp³-hybridized carbons (Fsp3) is 0.571. The zero-order valence-corrected chi connectivity index (χ0v) is 13.2. The lowest BCUT2D eigenvalue weighted by atomic mass is 10.1. The van der Waals surface area contributed by atoms with Crippen LogP contribution in [0.5, 0.6) is 0 Å². The molecule has 2 heterocycles. The van der Waals surface area contributed by atoms with Crippen LogP contribution >= 0.6 is 0 Å². The largest absolute Gasteiger partial charge is 0.358 e. The predicted octanol–water partition coefficient (Wildman–Crippen LogP) is 1.30. The minimum absolute atomic E-state index is 0.0141. The number of hydrogen-bond acceptors (Lipinski definition) is 5. The van der Waals surface area contributed by atoms with Gasteiger partial charge in [-0.3, -0.25) is 4.79 Å². The Bertz CT molecular complexity index is 610. The number of carbonyl (C=O) groups excluding carboxylic acids is 1. The summed E-state index contributed by atoms with van der Waals surface area (Å²) in [6, 6.07) is 2.56. The molecular weight excluding hydrogens is 290 g/mol. The maximum absolute atomic E-state index is 12.3. The van der Waals surface area contributed by atoms with E-state index in [0.29, 0.717) is 0 Å². The quantitative estimate of drug-likeness (QED) is 0.906. The van der Waals surface area contributed by atoms with Crippen molar-refractivity contribution in [1.82, 2.24) is 9.88 Å². The molecule has 21 heavy (non-hydrogen) atoms. The van der Waals surface area contributed by atoms with Crippen molar-refractivity contribution in [3.05, 3.63) is 18.3 Å². The summed E-state index contributed by atoms with van der Waals surface area (Å²) in [6.07, 6.45) is 5.85. The highest BCUT2D eigenvalue weighted by atomic mass is 32.2. The zero-order valence-electron chi connectivity index (χ0n) is 12.4. The number of likely N-dealkylation sites (tertiary alicyclic amines) is 1. The van der Waals surface area contributed by atoms with Crippen LogP contribution in [0.3, 0.4) is 0 Å². The van der Waals surface area contributed by atoms with Crippen molar-refractivity contribution in [3.8, 4) is 0 Å². The van der Waals surface area contributed by atoms with Gasteiger partial charge < -0.3 is 10.2 Å². The minimum atomic E-state index is -3.38. The number of anilines is 1. The standard InChI is InChI=1S/C14H21N3O3S/c1-11(14(18)17-9-4-3-5-10-17)16-13-12(21(2,19)20)7-6-8-15-13/h6-8,11H,3-5,9-10H2,1-2H3,(H,15,16). The lowest BCUT2D eigenvalue weighted by molar-refractivity contribution is -0.132. The Morgan fingerprint density at radius 2 is 2.00 bits per heavy atom. The smallest absolute Gasteiger partial charge is 0.244 e. The fourth-order valence-corrected chi connectivity index (χ4v) is 3.24. The van der Waals surface area contributed by atoms with E-state index in [9.17, 15) is 13.2 Å². The van der Waals surface area contributed by atoms with Crippen LogP contribution in [-0.2, 0) is 14.6 Å². The van der Waals surface area contributed by atoms with E-state index in [0.717, 1.165) is 38.6 Å². The molecule has 1 fully saturated rings. The average molecular weight is 311 g/mol. The van der Waals surface area contributed by atoms with Crippen LogP contribution in [0, 0.1) is 0 Å². The molecule has 1 amide bonds. The van der Waals surface area contributed by atoms with Crippen molar-refractivity contribution in [2.24, 2.45) is 0 Å². The van der Waals surface area contributed by atoms with E-state index in [1.807, 2.05) is 4.90 Å². The number of amides is 1. The van der Waals surface area contributed by atoms with Crippen molar-refractivity contribution in [1.29, 1.82) is 0 Å². The SMILES string of the molecule is CC(Nc1ncccc1S(C)(=O)=O)C(=O)N1CCCCC1. The molecule has 116 valence electrons. The highest BCUT2D eigenvalue weighted by Gasteiger charge is 2.24. The first kappa shape index (κ1) is 15.8. The third-order valence-electron chi connectivity index (χ3n) is 3.56. The maximum Gasteiger partial charge on any atom is 0.244 e. The van der Waals surface area contributed by atoms with Crippen molar-refractivity contribution in [3.63, 3.8) is 0 Å². The maximum atomic E-state index is 12.3. The Hall–Kier alpha value is -1.63. The van der Waals surface area contributed by atoms with Gasteiger partial charge in [0.15, 0.2) is 9.84 Å². The van der Waals surface area contributed by atoms with E-state index in [2.05, 4.69) is 10.3 Å². The Balaban J connectivity index is 2.12. The third-order valence-corrected chi connectivity index (χ3v) is 4.69. The number of hydrogen-bond donors (Lipinski definition) is 1. The summed E-state index contributed by atoms with van der Waals surface area (Å²) in [5.74, 6) is 0.220. The molecule has 1 aromatic rings. The van der Waals surface area contributed by atoms with Gasteiger partial charge in [-0.1, -0.05) is 0 Å². The Morgan fingerprint density at radius 3 is 2.62 bits per heavy atom. The molecule has 1 unspecified atom stereocenters. The first-order valence-electron chi connectivity index (χ1n) is 7.10. The normalized spacial score (nSPS) is 17.3. The molecule has 0 spiro atoms. The van der Waals surface area contributed by atoms with E-state index in [1.54, 1.807) is 13.0 Å². The summed E-state index contributed by atoms with van der Waals surface area (Å²) in [6.45, 7) is 3.27. The van der Waals surface area contributed by atoms with E-state index in [-0.39, 0.29) is 16.6 Å². The molecular formula is C14H21N3O3S. The number of rotatable bonds is 4. The number of pyridine rings is 1. The van der Waals surface area contributed by atoms with Gasteiger partial charge in [-0.2, -0.15) is 0 Å². The first-order chi connectivity index (χ1) is 9.89. The monoisotopic (exact) mass is 311 g/mol. The molecule has 0 aliphatic carbocycles. The number of carbonyl (C=O) groups is 1. The highest BCUT2D eigenvalue weighted by Crippen LogP contribution is 2.19. The summed E-state index contributed by atoms with van der Waals surface area (Å²) in [5.41, 5.74) is 0. The number of nitrogens with zero attached hydrogens (tertiary/aromatic N) is 2. The fourth-order valence-electron chi connectivity index (χ4n) is 2.45. The minimum Gasteiger partial charge on any atom is -0.358 e. The molecule has 6 nitrogen and oxygen atoms in total. The molecule has 7 heteroatoms. The predicted molar refractivity (Wildman–Crippen MR) is 80.9 cm³/mol. The van der Waals surface area contributed by atoms with Gasteiger partial charge in [0.25, 0.3) is 0 Å². The second-order valence-corrected chi connectivity index (χ2v) is 7.36. The van der Waals surface area contributed by atoms with Crippen molar-refractivity contribution in [2.75, 3.05) is 24.7 Å². The Labute approximate surface area is 125 Å². The van der Waals surface area contributed by atoms with Gasteiger partial charge in [-0.15, -0.1) is 0 Å². The topological polar surface area (TPSA) is 79.4 Å². The molecule has 2 rings (SSSR count). The number of piperidine rings is 1. The van der Waals surface area contributed by atoms with E-state index >= 15 is 0 Å². The molecule has 0 aromatic carbocycles. The van der Waals surface area contributed by atoms with Crippen LogP contribution < -0.4 is 5.32 Å². The van der Waals surface area contributed by atoms with Gasteiger partial charge in [-0.25, -0.2) is 13.4 Å². The highest BCUT2D eigenvalue weighted by molar-refractivity contribution is 7.90. The summed E-state index contributed by atoms with van der Waals surface area (Å²) < 4.78 is 23.5. The third kappa shape index (κ3) is 3.93. The molecule has 0 radical (unpaired) electrons. The average Bonchev–Trinajstić information content (AvgIpc) is 2.47.